The van der Waals surface area contributed by atoms with E-state index in [9.17, 15) is 19.2 Å². The fraction of sp³-hybridized carbons (Fsp3) is 0.514. The normalized spacial score (nSPS) is 14.0. The van der Waals surface area contributed by atoms with Gasteiger partial charge in [-0.1, -0.05) is 0 Å². The molecule has 0 fully saturated rings. The number of esters is 4. The van der Waals surface area contributed by atoms with E-state index in [0.717, 1.165) is 56.3 Å². The van der Waals surface area contributed by atoms with E-state index < -0.39 is 11.6 Å². The topological polar surface area (TPSA) is 149 Å². The van der Waals surface area contributed by atoms with Gasteiger partial charge >= 0.3 is 23.9 Å². The average Bonchev–Trinajstić information content (AvgIpc) is 3.57. The van der Waals surface area contributed by atoms with Crippen LogP contribution >= 0.6 is 0 Å². The number of hydrogen-bond acceptors (Lipinski definition) is 9. The van der Waals surface area contributed by atoms with Crippen LogP contribution in [0.1, 0.15) is 103 Å². The molecule has 11 nitrogen and oxygen atoms in total. The lowest BCUT2D eigenvalue weighted by atomic mass is 9.96. The third-order valence-electron chi connectivity index (χ3n) is 8.20. The third kappa shape index (κ3) is 8.86. The number of aromatic nitrogens is 2. The average molecular weight is 638 g/mol. The van der Waals surface area contributed by atoms with Gasteiger partial charge in [-0.25, -0.2) is 4.79 Å². The van der Waals surface area contributed by atoms with Gasteiger partial charge in [0.15, 0.2) is 0 Å². The molecule has 11 heteroatoms. The van der Waals surface area contributed by atoms with E-state index in [1.165, 1.54) is 21.3 Å². The molecule has 0 amide bonds. The maximum Gasteiger partial charge on any atom is 0.355 e. The van der Waals surface area contributed by atoms with Crippen LogP contribution in [0.5, 0.6) is 0 Å². The van der Waals surface area contributed by atoms with E-state index in [0.29, 0.717) is 36.9 Å². The van der Waals surface area contributed by atoms with Crippen LogP contribution in [0.2, 0.25) is 0 Å². The Labute approximate surface area is 270 Å². The number of methoxy groups -OCH3 is 3. The molecule has 2 aromatic rings. The first kappa shape index (κ1) is 36.1. The van der Waals surface area contributed by atoms with E-state index >= 15 is 0 Å². The Bertz CT molecular complexity index is 1590. The van der Waals surface area contributed by atoms with Crippen molar-refractivity contribution in [2.45, 2.75) is 99.0 Å². The summed E-state index contributed by atoms with van der Waals surface area (Å²) in [6.45, 7) is 13.3. The van der Waals surface area contributed by atoms with Crippen LogP contribution in [0.3, 0.4) is 0 Å². The van der Waals surface area contributed by atoms with Crippen molar-refractivity contribution in [2.75, 3.05) is 21.3 Å². The Morgan fingerprint density at radius 3 is 1.85 bits per heavy atom. The molecule has 3 rings (SSSR count). The number of rotatable bonds is 13. The van der Waals surface area contributed by atoms with Gasteiger partial charge in [-0.3, -0.25) is 19.4 Å². The van der Waals surface area contributed by atoms with Gasteiger partial charge in [0, 0.05) is 42.8 Å². The van der Waals surface area contributed by atoms with Gasteiger partial charge in [0.1, 0.15) is 11.3 Å². The van der Waals surface area contributed by atoms with E-state index in [-0.39, 0.29) is 37.2 Å². The van der Waals surface area contributed by atoms with Crippen molar-refractivity contribution in [1.82, 2.24) is 9.97 Å². The summed E-state index contributed by atoms with van der Waals surface area (Å²) >= 11 is 0. The zero-order valence-electron chi connectivity index (χ0n) is 28.7. The minimum absolute atomic E-state index is 0.109. The highest BCUT2D eigenvalue weighted by Gasteiger charge is 2.28. The van der Waals surface area contributed by atoms with Gasteiger partial charge in [0.05, 0.1) is 32.7 Å². The van der Waals surface area contributed by atoms with Gasteiger partial charge in [-0.15, -0.1) is 0 Å². The summed E-state index contributed by atoms with van der Waals surface area (Å²) in [5, 5.41) is 0. The van der Waals surface area contributed by atoms with Gasteiger partial charge in [0.25, 0.3) is 0 Å². The van der Waals surface area contributed by atoms with Crippen molar-refractivity contribution in [3.05, 3.63) is 61.9 Å². The molecule has 0 atom stereocenters. The van der Waals surface area contributed by atoms with Crippen molar-refractivity contribution in [3.8, 4) is 0 Å². The number of ether oxygens (including phenoxy) is 4. The fourth-order valence-electron chi connectivity index (χ4n) is 5.59. The van der Waals surface area contributed by atoms with Crippen LogP contribution < -0.4 is 0 Å². The standard InChI is InChI=1S/C35H47N3O8/c1-19-23(11-14-30(39)43-8)22(4)36-26(19)17-27-20(2)24(12-15-31(40)44-9)29(37-27)18-28-21(3)25(13-16-32(41)45-10)33(38-28)34(42)46-35(5,6)7/h17,36,38H,11-16,18H2,1-10H3/b27-17-. The zero-order valence-corrected chi connectivity index (χ0v) is 28.7. The first-order valence-corrected chi connectivity index (χ1v) is 15.4. The number of carbonyl (C=O) groups excluding carboxylic acids is 4. The summed E-state index contributed by atoms with van der Waals surface area (Å²) in [7, 11) is 4.08. The molecule has 2 N–H and O–H groups in total. The lowest BCUT2D eigenvalue weighted by molar-refractivity contribution is -0.141. The maximum atomic E-state index is 13.2. The van der Waals surface area contributed by atoms with Crippen molar-refractivity contribution in [2.24, 2.45) is 4.99 Å². The largest absolute Gasteiger partial charge is 0.469 e. The van der Waals surface area contributed by atoms with Crippen LogP contribution in [-0.4, -0.2) is 66.5 Å². The number of aryl methyl sites for hydroxylation is 1. The van der Waals surface area contributed by atoms with Crippen LogP contribution in [0.15, 0.2) is 21.8 Å². The predicted molar refractivity (Wildman–Crippen MR) is 175 cm³/mol. The quantitative estimate of drug-likeness (QED) is 0.209. The Balaban J connectivity index is 2.05. The highest BCUT2D eigenvalue weighted by atomic mass is 16.6. The summed E-state index contributed by atoms with van der Waals surface area (Å²) in [4.78, 5) is 60.9. The SMILES string of the molecule is COC(=O)CCC1=C(C)/C(=C/c2[nH]c(C)c(CCC(=O)OC)c2C)N=C1Cc1[nH]c(C(=O)OC(C)(C)C)c(CCC(=O)OC)c1C. The number of nitrogens with zero attached hydrogens (tertiary/aromatic N) is 1. The second-order valence-electron chi connectivity index (χ2n) is 12.4. The Morgan fingerprint density at radius 2 is 1.30 bits per heavy atom. The molecule has 1 aliphatic rings. The number of carbonyl (C=O) groups is 4. The van der Waals surface area contributed by atoms with E-state index in [2.05, 4.69) is 9.97 Å². The molecule has 0 unspecified atom stereocenters. The maximum absolute atomic E-state index is 13.2. The van der Waals surface area contributed by atoms with E-state index in [4.69, 9.17) is 23.9 Å². The van der Waals surface area contributed by atoms with Crippen LogP contribution in [-0.2, 0) is 52.6 Å². The van der Waals surface area contributed by atoms with Crippen LogP contribution in [0.4, 0.5) is 0 Å². The van der Waals surface area contributed by atoms with Crippen LogP contribution in [0, 0.1) is 20.8 Å². The molecule has 0 spiro atoms. The monoisotopic (exact) mass is 637 g/mol. The smallest absolute Gasteiger partial charge is 0.355 e. The summed E-state index contributed by atoms with van der Waals surface area (Å²) in [5.41, 5.74) is 9.20. The second-order valence-corrected chi connectivity index (χ2v) is 12.4. The Hall–Kier alpha value is -4.41. The molecule has 0 bridgehead atoms. The number of hydrogen-bond donors (Lipinski definition) is 2. The highest BCUT2D eigenvalue weighted by molar-refractivity contribution is 6.07. The molecular weight excluding hydrogens is 590 g/mol. The highest BCUT2D eigenvalue weighted by Crippen LogP contribution is 2.34. The molecule has 0 saturated heterocycles. The number of allylic oxidation sites excluding steroid dienone is 2. The third-order valence-corrected chi connectivity index (χ3v) is 8.20. The van der Waals surface area contributed by atoms with Gasteiger partial charge in [-0.2, -0.15) is 0 Å². The molecule has 1 aliphatic heterocycles. The number of H-pyrrole nitrogens is 2. The Kier molecular flexibility index (Phi) is 12.0. The second kappa shape index (κ2) is 15.2. The van der Waals surface area contributed by atoms with Gasteiger partial charge in [0.2, 0.25) is 0 Å². The van der Waals surface area contributed by atoms with Gasteiger partial charge < -0.3 is 28.9 Å². The zero-order chi connectivity index (χ0) is 34.3. The molecule has 0 radical (unpaired) electrons. The fourth-order valence-corrected chi connectivity index (χ4v) is 5.59. The first-order chi connectivity index (χ1) is 21.6. The summed E-state index contributed by atoms with van der Waals surface area (Å²) in [5.74, 6) is -1.47. The molecule has 250 valence electrons. The summed E-state index contributed by atoms with van der Waals surface area (Å²) in [6, 6.07) is 0. The molecular formula is C35H47N3O8. The van der Waals surface area contributed by atoms with E-state index in [1.807, 2.05) is 33.8 Å². The molecule has 2 aromatic heterocycles. The van der Waals surface area contributed by atoms with E-state index in [1.54, 1.807) is 20.8 Å². The molecule has 0 aromatic carbocycles. The van der Waals surface area contributed by atoms with Crippen molar-refractivity contribution in [1.29, 1.82) is 0 Å². The lowest BCUT2D eigenvalue weighted by Gasteiger charge is -2.19. The predicted octanol–water partition coefficient (Wildman–Crippen LogP) is 5.74. The number of aliphatic imine (C=N–C) groups is 1. The molecule has 0 aliphatic carbocycles. The summed E-state index contributed by atoms with van der Waals surface area (Å²) in [6.07, 6.45) is 4.21. The minimum Gasteiger partial charge on any atom is -0.469 e. The molecule has 0 saturated carbocycles. The number of aromatic amines is 2. The van der Waals surface area contributed by atoms with Gasteiger partial charge in [-0.05, 0) is 107 Å². The van der Waals surface area contributed by atoms with Crippen molar-refractivity contribution < 1.29 is 38.1 Å². The summed E-state index contributed by atoms with van der Waals surface area (Å²) < 4.78 is 20.2. The first-order valence-electron chi connectivity index (χ1n) is 15.4. The Morgan fingerprint density at radius 1 is 0.761 bits per heavy atom. The minimum atomic E-state index is -0.709. The molecule has 3 heterocycles. The van der Waals surface area contributed by atoms with Crippen molar-refractivity contribution in [3.63, 3.8) is 0 Å². The molecule has 46 heavy (non-hydrogen) atoms. The van der Waals surface area contributed by atoms with Crippen LogP contribution in [0.25, 0.3) is 6.08 Å². The number of nitrogens with one attached hydrogen (secondary N) is 2. The van der Waals surface area contributed by atoms with Crippen molar-refractivity contribution >= 4 is 35.7 Å². The lowest BCUT2D eigenvalue weighted by Crippen LogP contribution is -2.25.